The van der Waals surface area contributed by atoms with Gasteiger partial charge in [-0.2, -0.15) is 0 Å². The fourth-order valence-corrected chi connectivity index (χ4v) is 5.17. The SMILES string of the molecule is C[C@@H]1CN(c2ccc3c(c2)C(C)(C)c2[nH]c4cc(N)ccc4c2C3=O)C[C@H](C)N1. The maximum atomic E-state index is 13.5. The molecule has 2 atom stereocenters. The minimum atomic E-state index is -0.298. The third-order valence-corrected chi connectivity index (χ3v) is 6.52. The van der Waals surface area contributed by atoms with Gasteiger partial charge in [0.25, 0.3) is 0 Å². The van der Waals surface area contributed by atoms with E-state index in [9.17, 15) is 4.79 Å². The van der Waals surface area contributed by atoms with Gasteiger partial charge in [0.2, 0.25) is 0 Å². The van der Waals surface area contributed by atoms with Gasteiger partial charge in [-0.25, -0.2) is 0 Å². The zero-order chi connectivity index (χ0) is 20.5. The van der Waals surface area contributed by atoms with Crippen LogP contribution in [0.25, 0.3) is 10.9 Å². The number of rotatable bonds is 1. The number of carbonyl (C=O) groups is 1. The molecule has 29 heavy (non-hydrogen) atoms. The molecular weight excluding hydrogens is 360 g/mol. The Balaban J connectivity index is 1.65. The standard InChI is InChI=1S/C24H28N4O/c1-13-11-28(12-14(2)26-13)16-6-8-17-19(10-16)24(3,4)23-21(22(17)29)18-7-5-15(25)9-20(18)27-23/h5-10,13-14,26-27H,11-12,25H2,1-4H3/t13-,14+. The van der Waals surface area contributed by atoms with Gasteiger partial charge in [0.05, 0.1) is 5.56 Å². The fraction of sp³-hybridized carbons (Fsp3) is 0.375. The summed E-state index contributed by atoms with van der Waals surface area (Å²) in [6.07, 6.45) is 0. The van der Waals surface area contributed by atoms with Gasteiger partial charge in [0.1, 0.15) is 0 Å². The number of nitrogens with two attached hydrogens (primary N) is 1. The second kappa shape index (κ2) is 6.10. The topological polar surface area (TPSA) is 74.1 Å². The second-order valence-corrected chi connectivity index (χ2v) is 9.24. The van der Waals surface area contributed by atoms with Crippen molar-refractivity contribution < 1.29 is 4.79 Å². The van der Waals surface area contributed by atoms with Gasteiger partial charge in [-0.1, -0.05) is 19.9 Å². The predicted molar refractivity (Wildman–Crippen MR) is 119 cm³/mol. The molecule has 1 aliphatic heterocycles. The van der Waals surface area contributed by atoms with Crippen LogP contribution in [0.5, 0.6) is 0 Å². The van der Waals surface area contributed by atoms with Crippen LogP contribution in [-0.4, -0.2) is 35.9 Å². The van der Waals surface area contributed by atoms with Crippen molar-refractivity contribution in [2.75, 3.05) is 23.7 Å². The number of nitrogen functional groups attached to an aromatic ring is 1. The Kier molecular flexibility index (Phi) is 3.84. The molecule has 4 N–H and O–H groups in total. The number of carbonyl (C=O) groups excluding carboxylic acids is 1. The smallest absolute Gasteiger partial charge is 0.195 e. The molecule has 1 aliphatic carbocycles. The molecular formula is C24H28N4O. The summed E-state index contributed by atoms with van der Waals surface area (Å²) in [6, 6.07) is 13.0. The molecule has 150 valence electrons. The second-order valence-electron chi connectivity index (χ2n) is 9.24. The molecule has 0 unspecified atom stereocenters. The zero-order valence-corrected chi connectivity index (χ0v) is 17.5. The summed E-state index contributed by atoms with van der Waals surface area (Å²) in [5.41, 5.74) is 12.2. The average Bonchev–Trinajstić information content (AvgIpc) is 3.05. The van der Waals surface area contributed by atoms with Crippen molar-refractivity contribution in [3.8, 4) is 0 Å². The van der Waals surface area contributed by atoms with Gasteiger partial charge in [-0.15, -0.1) is 0 Å². The van der Waals surface area contributed by atoms with E-state index in [-0.39, 0.29) is 11.2 Å². The van der Waals surface area contributed by atoms with Crippen LogP contribution in [0.3, 0.4) is 0 Å². The van der Waals surface area contributed by atoms with E-state index in [1.54, 1.807) is 0 Å². The first-order valence-corrected chi connectivity index (χ1v) is 10.4. The van der Waals surface area contributed by atoms with Gasteiger partial charge in [-0.3, -0.25) is 4.79 Å². The van der Waals surface area contributed by atoms with Crippen LogP contribution in [0.2, 0.25) is 0 Å². The largest absolute Gasteiger partial charge is 0.399 e. The number of benzene rings is 2. The molecule has 1 fully saturated rings. The van der Waals surface area contributed by atoms with Crippen molar-refractivity contribution in [3.63, 3.8) is 0 Å². The van der Waals surface area contributed by atoms with E-state index in [1.807, 2.05) is 24.3 Å². The Morgan fingerprint density at radius 1 is 1.07 bits per heavy atom. The van der Waals surface area contributed by atoms with E-state index in [0.29, 0.717) is 17.8 Å². The van der Waals surface area contributed by atoms with Crippen LogP contribution >= 0.6 is 0 Å². The molecule has 1 aromatic heterocycles. The van der Waals surface area contributed by atoms with Gasteiger partial charge < -0.3 is 20.9 Å². The van der Waals surface area contributed by atoms with Crippen molar-refractivity contribution in [2.24, 2.45) is 0 Å². The number of hydrogen-bond acceptors (Lipinski definition) is 4. The highest BCUT2D eigenvalue weighted by atomic mass is 16.1. The molecule has 2 heterocycles. The number of piperazine rings is 1. The first-order valence-electron chi connectivity index (χ1n) is 10.4. The van der Waals surface area contributed by atoms with E-state index in [0.717, 1.165) is 46.4 Å². The van der Waals surface area contributed by atoms with Crippen molar-refractivity contribution in [3.05, 3.63) is 58.8 Å². The molecule has 5 heteroatoms. The number of nitrogens with one attached hydrogen (secondary N) is 2. The molecule has 0 radical (unpaired) electrons. The molecule has 2 aliphatic rings. The molecule has 1 saturated heterocycles. The maximum Gasteiger partial charge on any atom is 0.195 e. The molecule has 5 nitrogen and oxygen atoms in total. The van der Waals surface area contributed by atoms with Crippen LogP contribution in [0, 0.1) is 0 Å². The van der Waals surface area contributed by atoms with Gasteiger partial charge in [-0.05, 0) is 49.7 Å². The van der Waals surface area contributed by atoms with Crippen molar-refractivity contribution in [1.82, 2.24) is 10.3 Å². The minimum Gasteiger partial charge on any atom is -0.399 e. The summed E-state index contributed by atoms with van der Waals surface area (Å²) in [7, 11) is 0. The molecule has 0 saturated carbocycles. The van der Waals surface area contributed by atoms with Crippen molar-refractivity contribution >= 4 is 28.1 Å². The first-order chi connectivity index (χ1) is 13.8. The lowest BCUT2D eigenvalue weighted by molar-refractivity contribution is 0.103. The Hall–Kier alpha value is -2.79. The number of ketones is 1. The third-order valence-electron chi connectivity index (χ3n) is 6.52. The van der Waals surface area contributed by atoms with E-state index in [4.69, 9.17) is 5.73 Å². The molecule has 5 rings (SSSR count). The molecule has 2 aromatic carbocycles. The number of aromatic amines is 1. The Bertz CT molecular complexity index is 1130. The quantitative estimate of drug-likeness (QED) is 0.554. The van der Waals surface area contributed by atoms with Gasteiger partial charge in [0, 0.05) is 64.1 Å². The van der Waals surface area contributed by atoms with Crippen LogP contribution in [-0.2, 0) is 5.41 Å². The van der Waals surface area contributed by atoms with Crippen LogP contribution in [0.4, 0.5) is 11.4 Å². The van der Waals surface area contributed by atoms with E-state index >= 15 is 0 Å². The monoisotopic (exact) mass is 388 g/mol. The summed E-state index contributed by atoms with van der Waals surface area (Å²) in [5.74, 6) is 0.0962. The predicted octanol–water partition coefficient (Wildman–Crippen LogP) is 3.81. The summed E-state index contributed by atoms with van der Waals surface area (Å²) >= 11 is 0. The number of anilines is 2. The number of hydrogen-bond donors (Lipinski definition) is 3. The van der Waals surface area contributed by atoms with E-state index in [2.05, 4.69) is 55.0 Å². The lowest BCUT2D eigenvalue weighted by Gasteiger charge is -2.39. The summed E-state index contributed by atoms with van der Waals surface area (Å²) < 4.78 is 0. The molecule has 0 amide bonds. The fourth-order valence-electron chi connectivity index (χ4n) is 5.17. The number of H-pyrrole nitrogens is 1. The minimum absolute atomic E-state index is 0.0962. The normalized spacial score (nSPS) is 23.2. The summed E-state index contributed by atoms with van der Waals surface area (Å²) in [6.45, 7) is 10.8. The van der Waals surface area contributed by atoms with Crippen LogP contribution in [0.15, 0.2) is 36.4 Å². The number of fused-ring (bicyclic) bond motifs is 4. The number of nitrogens with zero attached hydrogens (tertiary/aromatic N) is 1. The lowest BCUT2D eigenvalue weighted by atomic mass is 9.71. The van der Waals surface area contributed by atoms with Crippen LogP contribution in [0.1, 0.15) is 54.9 Å². The molecule has 0 bridgehead atoms. The highest BCUT2D eigenvalue weighted by Gasteiger charge is 2.40. The Labute approximate surface area is 171 Å². The van der Waals surface area contributed by atoms with Crippen molar-refractivity contribution in [1.29, 1.82) is 0 Å². The zero-order valence-electron chi connectivity index (χ0n) is 17.5. The van der Waals surface area contributed by atoms with Crippen LogP contribution < -0.4 is 16.0 Å². The number of aromatic nitrogens is 1. The van der Waals surface area contributed by atoms with E-state index < -0.39 is 0 Å². The maximum absolute atomic E-state index is 13.5. The van der Waals surface area contributed by atoms with Gasteiger partial charge >= 0.3 is 0 Å². The third kappa shape index (κ3) is 2.68. The highest BCUT2D eigenvalue weighted by molar-refractivity contribution is 6.20. The first kappa shape index (κ1) is 18.3. The Morgan fingerprint density at radius 3 is 2.52 bits per heavy atom. The van der Waals surface area contributed by atoms with Gasteiger partial charge in [0.15, 0.2) is 5.78 Å². The molecule has 3 aromatic rings. The summed E-state index contributed by atoms with van der Waals surface area (Å²) in [4.78, 5) is 19.4. The Morgan fingerprint density at radius 2 is 1.79 bits per heavy atom. The lowest BCUT2D eigenvalue weighted by Crippen LogP contribution is -2.54. The van der Waals surface area contributed by atoms with E-state index in [1.165, 1.54) is 5.69 Å². The summed E-state index contributed by atoms with van der Waals surface area (Å²) in [5, 5.41) is 4.54. The highest BCUT2D eigenvalue weighted by Crippen LogP contribution is 2.45. The molecule has 0 spiro atoms. The average molecular weight is 389 g/mol. The van der Waals surface area contributed by atoms with Crippen molar-refractivity contribution in [2.45, 2.75) is 45.2 Å².